The second-order valence-corrected chi connectivity index (χ2v) is 14.0. The molecule has 1 amide bonds. The first-order chi connectivity index (χ1) is 20.2. The summed E-state index contributed by atoms with van der Waals surface area (Å²) < 4.78 is 41.0. The van der Waals surface area contributed by atoms with Crippen molar-refractivity contribution in [1.82, 2.24) is 4.72 Å². The summed E-state index contributed by atoms with van der Waals surface area (Å²) in [5.74, 6) is 0.313. The lowest BCUT2D eigenvalue weighted by Gasteiger charge is -2.42. The predicted octanol–water partition coefficient (Wildman–Crippen LogP) is 5.26. The predicted molar refractivity (Wildman–Crippen MR) is 165 cm³/mol. The van der Waals surface area contributed by atoms with Crippen LogP contribution in [0.5, 0.6) is 5.75 Å². The van der Waals surface area contributed by atoms with Crippen LogP contribution in [0.3, 0.4) is 0 Å². The smallest absolute Gasteiger partial charge is 0.264 e. The molecule has 3 aliphatic rings. The van der Waals surface area contributed by atoms with Gasteiger partial charge in [-0.15, -0.1) is 0 Å². The van der Waals surface area contributed by atoms with Crippen molar-refractivity contribution in [2.75, 3.05) is 25.1 Å². The number of rotatable bonds is 2. The fourth-order valence-electron chi connectivity index (χ4n) is 6.47. The van der Waals surface area contributed by atoms with Crippen LogP contribution in [0.4, 0.5) is 5.69 Å². The molecule has 2 bridgehead atoms. The number of benzene rings is 2. The largest absolute Gasteiger partial charge is 0.487 e. The number of amides is 1. The Balaban J connectivity index is 1.55. The standard InChI is InChI=1S/C32H41ClN2O6S/c1-3-31-30(40-2)9-6-8-28(36)26-14-11-23(26)19-35-16-5-4-7-21-17-25(33)13-10-24(21)20-41-29-15-12-22(18-27(29)35)32(37)34-42(31,38)39/h6,8,10,12-13,15,17-18,23,26,28,30-31,36H,3-5,7,9,11,14,16,19-20H2,1-2H3,(H,34,37)/b8-6+/t23?,26?,28?,30-,31+/m1/s1. The van der Waals surface area contributed by atoms with Gasteiger partial charge in [0.25, 0.3) is 5.91 Å². The van der Waals surface area contributed by atoms with Crippen molar-refractivity contribution in [3.05, 3.63) is 70.3 Å². The van der Waals surface area contributed by atoms with Crippen LogP contribution in [0, 0.1) is 11.8 Å². The molecule has 2 aromatic carbocycles. The summed E-state index contributed by atoms with van der Waals surface area (Å²) in [7, 11) is -2.59. The molecule has 1 saturated carbocycles. The van der Waals surface area contributed by atoms with Gasteiger partial charge in [-0.3, -0.25) is 4.79 Å². The van der Waals surface area contributed by atoms with Gasteiger partial charge in [0, 0.05) is 30.8 Å². The quantitative estimate of drug-likeness (QED) is 0.443. The molecule has 0 spiro atoms. The molecule has 2 heterocycles. The van der Waals surface area contributed by atoms with Crippen molar-refractivity contribution in [3.8, 4) is 5.75 Å². The van der Waals surface area contributed by atoms with Crippen LogP contribution in [0.15, 0.2) is 48.6 Å². The monoisotopic (exact) mass is 616 g/mol. The fraction of sp³-hybridized carbons (Fsp3) is 0.531. The first-order valence-electron chi connectivity index (χ1n) is 14.9. The van der Waals surface area contributed by atoms with E-state index in [1.54, 1.807) is 31.2 Å². The van der Waals surface area contributed by atoms with Crippen molar-refractivity contribution in [2.24, 2.45) is 11.8 Å². The molecule has 2 aliphatic heterocycles. The molecule has 42 heavy (non-hydrogen) atoms. The van der Waals surface area contributed by atoms with E-state index in [0.29, 0.717) is 30.3 Å². The molecule has 0 aromatic heterocycles. The molecule has 8 nitrogen and oxygen atoms in total. The zero-order valence-electron chi connectivity index (χ0n) is 24.3. The lowest BCUT2D eigenvalue weighted by Crippen LogP contribution is -2.45. The van der Waals surface area contributed by atoms with E-state index in [2.05, 4.69) is 9.62 Å². The third-order valence-electron chi connectivity index (χ3n) is 9.06. The van der Waals surface area contributed by atoms with Gasteiger partial charge in [0.1, 0.15) is 17.6 Å². The Bertz CT molecular complexity index is 1410. The summed E-state index contributed by atoms with van der Waals surface area (Å²) in [4.78, 5) is 15.7. The molecule has 3 unspecified atom stereocenters. The highest BCUT2D eigenvalue weighted by atomic mass is 35.5. The third kappa shape index (κ3) is 6.80. The Morgan fingerprint density at radius 2 is 1.98 bits per heavy atom. The maximum Gasteiger partial charge on any atom is 0.264 e. The Morgan fingerprint density at radius 1 is 1.14 bits per heavy atom. The molecule has 228 valence electrons. The minimum absolute atomic E-state index is 0.0984. The number of ether oxygens (including phenoxy) is 2. The number of halogens is 1. The molecular weight excluding hydrogens is 576 g/mol. The van der Waals surface area contributed by atoms with Crippen LogP contribution < -0.4 is 14.4 Å². The number of methoxy groups -OCH3 is 1. The maximum atomic E-state index is 13.4. The van der Waals surface area contributed by atoms with Crippen LogP contribution in [0.1, 0.15) is 66.9 Å². The SMILES string of the molecule is CC[C@H]1[C@H](OC)C/C=C/C(O)C2CCC2CN2CCCCc3cc(Cl)ccc3COc3ccc(cc32)C(=O)NS1(=O)=O. The Hall–Kier alpha value is -2.59. The highest BCUT2D eigenvalue weighted by Crippen LogP contribution is 2.41. The van der Waals surface area contributed by atoms with Gasteiger partial charge in [-0.2, -0.15) is 0 Å². The molecule has 1 fully saturated rings. The number of anilines is 1. The minimum atomic E-state index is -4.06. The van der Waals surface area contributed by atoms with E-state index in [4.69, 9.17) is 21.1 Å². The topological polar surface area (TPSA) is 105 Å². The number of aliphatic hydroxyl groups excluding tert-OH is 1. The summed E-state index contributed by atoms with van der Waals surface area (Å²) in [5, 5.41) is 10.8. The molecule has 0 radical (unpaired) electrons. The van der Waals surface area contributed by atoms with E-state index in [9.17, 15) is 18.3 Å². The van der Waals surface area contributed by atoms with Gasteiger partial charge in [-0.25, -0.2) is 13.1 Å². The van der Waals surface area contributed by atoms with E-state index >= 15 is 0 Å². The number of carbonyl (C=O) groups excluding carboxylic acids is 1. The lowest BCUT2D eigenvalue weighted by atomic mass is 9.70. The van der Waals surface area contributed by atoms with Crippen LogP contribution in [0.2, 0.25) is 5.02 Å². The molecule has 5 atom stereocenters. The first kappa shape index (κ1) is 30.9. The van der Waals surface area contributed by atoms with Crippen molar-refractivity contribution >= 4 is 33.2 Å². The van der Waals surface area contributed by atoms with E-state index < -0.39 is 33.4 Å². The number of aliphatic hydroxyl groups is 1. The molecule has 0 saturated heterocycles. The zero-order chi connectivity index (χ0) is 29.9. The number of nitrogens with one attached hydrogen (secondary N) is 1. The normalized spacial score (nSPS) is 29.0. The number of sulfonamides is 1. The second-order valence-electron chi connectivity index (χ2n) is 11.6. The summed E-state index contributed by atoms with van der Waals surface area (Å²) >= 11 is 6.30. The molecule has 2 N–H and O–H groups in total. The summed E-state index contributed by atoms with van der Waals surface area (Å²) in [6, 6.07) is 11.0. The third-order valence-corrected chi connectivity index (χ3v) is 11.2. The number of aryl methyl sites for hydroxylation is 1. The number of hydrogen-bond donors (Lipinski definition) is 2. The average Bonchev–Trinajstić information content (AvgIpc) is 2.97. The van der Waals surface area contributed by atoms with Crippen molar-refractivity contribution in [1.29, 1.82) is 0 Å². The summed E-state index contributed by atoms with van der Waals surface area (Å²) in [6.07, 6.45) is 7.54. The Labute approximate surface area is 254 Å². The second kappa shape index (κ2) is 13.4. The molecule has 10 heteroatoms. The molecule has 2 aromatic rings. The van der Waals surface area contributed by atoms with Crippen molar-refractivity contribution in [2.45, 2.75) is 75.9 Å². The van der Waals surface area contributed by atoms with E-state index in [1.807, 2.05) is 24.3 Å². The molecule has 5 rings (SSSR count). The highest BCUT2D eigenvalue weighted by molar-refractivity contribution is 7.90. The van der Waals surface area contributed by atoms with Crippen molar-refractivity contribution in [3.63, 3.8) is 0 Å². The van der Waals surface area contributed by atoms with Gasteiger partial charge < -0.3 is 19.5 Å². The van der Waals surface area contributed by atoms with Gasteiger partial charge in [-0.1, -0.05) is 36.7 Å². The maximum absolute atomic E-state index is 13.4. The number of nitrogens with zero attached hydrogens (tertiary/aromatic N) is 1. The van der Waals surface area contributed by atoms with Crippen LogP contribution in [-0.4, -0.2) is 57.1 Å². The van der Waals surface area contributed by atoms with E-state index in [0.717, 1.165) is 55.5 Å². The molecular formula is C32H41ClN2O6S. The van der Waals surface area contributed by atoms with Crippen LogP contribution in [0.25, 0.3) is 0 Å². The van der Waals surface area contributed by atoms with Gasteiger partial charge in [0.2, 0.25) is 10.0 Å². The van der Waals surface area contributed by atoms with Gasteiger partial charge in [0.05, 0.1) is 17.9 Å². The fourth-order valence-corrected chi connectivity index (χ4v) is 8.26. The van der Waals surface area contributed by atoms with Crippen LogP contribution >= 0.6 is 11.6 Å². The van der Waals surface area contributed by atoms with E-state index in [1.165, 1.54) is 7.11 Å². The minimum Gasteiger partial charge on any atom is -0.487 e. The average molecular weight is 617 g/mol. The lowest BCUT2D eigenvalue weighted by molar-refractivity contribution is 0.0456. The van der Waals surface area contributed by atoms with Gasteiger partial charge >= 0.3 is 0 Å². The Morgan fingerprint density at radius 3 is 2.71 bits per heavy atom. The Kier molecular flexibility index (Phi) is 9.82. The van der Waals surface area contributed by atoms with Gasteiger partial charge in [-0.05, 0) is 98.2 Å². The summed E-state index contributed by atoms with van der Waals surface area (Å²) in [5.41, 5.74) is 3.22. The highest BCUT2D eigenvalue weighted by Gasteiger charge is 2.38. The summed E-state index contributed by atoms with van der Waals surface area (Å²) in [6.45, 7) is 3.54. The zero-order valence-corrected chi connectivity index (χ0v) is 25.9. The van der Waals surface area contributed by atoms with Crippen LogP contribution in [-0.2, 0) is 27.8 Å². The van der Waals surface area contributed by atoms with E-state index in [-0.39, 0.29) is 23.8 Å². The number of carbonyl (C=O) groups is 1. The number of fused-ring (bicyclic) bond motifs is 3. The van der Waals surface area contributed by atoms with Gasteiger partial charge in [0.15, 0.2) is 0 Å². The van der Waals surface area contributed by atoms with Crippen molar-refractivity contribution < 1.29 is 27.8 Å². The first-order valence-corrected chi connectivity index (χ1v) is 16.8. The number of hydrogen-bond acceptors (Lipinski definition) is 7. The molecule has 1 aliphatic carbocycles.